The summed E-state index contributed by atoms with van der Waals surface area (Å²) in [6.07, 6.45) is 7.17. The summed E-state index contributed by atoms with van der Waals surface area (Å²) in [4.78, 5) is 48.8. The third kappa shape index (κ3) is 4.70. The van der Waals surface area contributed by atoms with E-state index < -0.39 is 11.6 Å². The Hall–Kier alpha value is -3.76. The number of ether oxygens (including phenoxy) is 2. The summed E-state index contributed by atoms with van der Waals surface area (Å²) in [7, 11) is 0. The van der Waals surface area contributed by atoms with E-state index in [4.69, 9.17) is 14.5 Å². The molecule has 6 heterocycles. The normalized spacial score (nSPS) is 22.0. The third-order valence-electron chi connectivity index (χ3n) is 10.1. The Labute approximate surface area is 256 Å². The van der Waals surface area contributed by atoms with Crippen molar-refractivity contribution >= 4 is 23.0 Å². The number of aryl methyl sites for hydroxylation is 1. The number of esters is 1. The highest BCUT2D eigenvalue weighted by molar-refractivity contribution is 5.90. The van der Waals surface area contributed by atoms with Crippen LogP contribution in [-0.4, -0.2) is 68.7 Å². The summed E-state index contributed by atoms with van der Waals surface area (Å²) in [5.41, 5.74) is 2.21. The van der Waals surface area contributed by atoms with E-state index in [-0.39, 0.29) is 24.7 Å². The molecule has 7 rings (SSSR count). The first kappa shape index (κ1) is 29.0. The summed E-state index contributed by atoms with van der Waals surface area (Å²) in [5.74, 6) is -0.185. The second-order valence-corrected chi connectivity index (χ2v) is 12.6. The Bertz CT molecular complexity index is 1700. The van der Waals surface area contributed by atoms with Crippen LogP contribution in [0.15, 0.2) is 29.1 Å². The SMILES string of the molecule is CCCc1c(OC(=O)N2CCC(N3CCCCC3)CC2)ccc2nc3c(cc12)Cn1c-3cc2c(c1=O)COC(=O)[C@]2(O)CC. The molecule has 0 bridgehead atoms. The van der Waals surface area contributed by atoms with Crippen molar-refractivity contribution in [2.75, 3.05) is 26.2 Å². The van der Waals surface area contributed by atoms with Gasteiger partial charge in [-0.15, -0.1) is 0 Å². The summed E-state index contributed by atoms with van der Waals surface area (Å²) in [6, 6.07) is 8.01. The van der Waals surface area contributed by atoms with Gasteiger partial charge in [0, 0.05) is 41.2 Å². The van der Waals surface area contributed by atoms with Crippen LogP contribution >= 0.6 is 0 Å². The number of benzene rings is 1. The van der Waals surface area contributed by atoms with Crippen LogP contribution in [0.25, 0.3) is 22.3 Å². The van der Waals surface area contributed by atoms with Gasteiger partial charge in [-0.2, -0.15) is 0 Å². The van der Waals surface area contributed by atoms with Gasteiger partial charge in [-0.3, -0.25) is 4.79 Å². The van der Waals surface area contributed by atoms with Gasteiger partial charge in [0.05, 0.1) is 29.0 Å². The first-order chi connectivity index (χ1) is 21.3. The highest BCUT2D eigenvalue weighted by atomic mass is 16.6. The molecule has 2 aromatic heterocycles. The Kier molecular flexibility index (Phi) is 7.45. The van der Waals surface area contributed by atoms with Crippen molar-refractivity contribution in [2.45, 2.75) is 90.0 Å². The number of likely N-dealkylation sites (tertiary alicyclic amines) is 2. The van der Waals surface area contributed by atoms with Crippen molar-refractivity contribution in [2.24, 2.45) is 0 Å². The van der Waals surface area contributed by atoms with E-state index in [1.54, 1.807) is 17.6 Å². The predicted octanol–water partition coefficient (Wildman–Crippen LogP) is 4.48. The molecular weight excluding hydrogens is 560 g/mol. The number of carbonyl (C=O) groups is 2. The molecule has 1 atom stereocenters. The van der Waals surface area contributed by atoms with Gasteiger partial charge < -0.3 is 28.9 Å². The number of piperidine rings is 2. The zero-order valence-electron chi connectivity index (χ0n) is 25.6. The molecule has 1 N–H and O–H groups in total. The summed E-state index contributed by atoms with van der Waals surface area (Å²) in [5, 5.41) is 12.0. The van der Waals surface area contributed by atoms with Gasteiger partial charge in [0.2, 0.25) is 0 Å². The van der Waals surface area contributed by atoms with Gasteiger partial charge >= 0.3 is 12.1 Å². The summed E-state index contributed by atoms with van der Waals surface area (Å²) in [6.45, 7) is 7.68. The van der Waals surface area contributed by atoms with E-state index in [2.05, 4.69) is 11.8 Å². The average molecular weight is 601 g/mol. The Balaban J connectivity index is 1.18. The molecule has 0 saturated carbocycles. The fourth-order valence-corrected chi connectivity index (χ4v) is 7.55. The highest BCUT2D eigenvalue weighted by Crippen LogP contribution is 2.40. The maximum absolute atomic E-state index is 13.6. The van der Waals surface area contributed by atoms with Crippen LogP contribution in [0.3, 0.4) is 0 Å². The lowest BCUT2D eigenvalue weighted by atomic mass is 9.86. The number of aromatic nitrogens is 2. The molecule has 0 radical (unpaired) electrons. The fraction of sp³-hybridized carbons (Fsp3) is 0.529. The van der Waals surface area contributed by atoms with Gasteiger partial charge in [-0.05, 0) is 75.9 Å². The number of nitrogens with zero attached hydrogens (tertiary/aromatic N) is 4. The van der Waals surface area contributed by atoms with E-state index in [0.717, 1.165) is 41.3 Å². The molecule has 44 heavy (non-hydrogen) atoms. The number of rotatable bonds is 5. The minimum atomic E-state index is -1.86. The number of hydrogen-bond acceptors (Lipinski definition) is 8. The lowest BCUT2D eigenvalue weighted by molar-refractivity contribution is -0.172. The van der Waals surface area contributed by atoms with Gasteiger partial charge in [0.1, 0.15) is 12.4 Å². The summed E-state index contributed by atoms with van der Waals surface area (Å²) >= 11 is 0. The molecule has 2 saturated heterocycles. The molecule has 0 unspecified atom stereocenters. The smallest absolute Gasteiger partial charge is 0.415 e. The number of cyclic esters (lactones) is 1. The highest BCUT2D eigenvalue weighted by Gasteiger charge is 2.45. The first-order valence-electron chi connectivity index (χ1n) is 16.2. The van der Waals surface area contributed by atoms with Crippen molar-refractivity contribution in [1.29, 1.82) is 0 Å². The zero-order valence-corrected chi connectivity index (χ0v) is 25.6. The maximum Gasteiger partial charge on any atom is 0.415 e. The quantitative estimate of drug-likeness (QED) is 0.334. The van der Waals surface area contributed by atoms with Gasteiger partial charge in [0.15, 0.2) is 5.60 Å². The molecule has 1 aromatic carbocycles. The van der Waals surface area contributed by atoms with Crippen LogP contribution in [0.2, 0.25) is 0 Å². The standard InChI is InChI=1S/C34H40N4O6/c1-3-8-23-24-17-21-19-38-28(18-26-25(31(38)39)20-43-32(40)34(26,42)4-2)30(21)35-27(24)9-10-29(23)44-33(41)37-15-11-22(12-16-37)36-13-6-5-7-14-36/h9-10,17-18,22,42H,3-8,11-16,19-20H2,1-2H3/t34-/m0/s1. The molecule has 4 aliphatic heterocycles. The maximum atomic E-state index is 13.6. The first-order valence-corrected chi connectivity index (χ1v) is 16.2. The van der Waals surface area contributed by atoms with E-state index in [1.807, 2.05) is 23.1 Å². The van der Waals surface area contributed by atoms with E-state index in [1.165, 1.54) is 32.4 Å². The van der Waals surface area contributed by atoms with E-state index >= 15 is 0 Å². The van der Waals surface area contributed by atoms with E-state index in [9.17, 15) is 19.5 Å². The fourth-order valence-electron chi connectivity index (χ4n) is 7.55. The zero-order chi connectivity index (χ0) is 30.6. The number of hydrogen-bond donors (Lipinski definition) is 1. The summed E-state index contributed by atoms with van der Waals surface area (Å²) < 4.78 is 12.9. The predicted molar refractivity (Wildman–Crippen MR) is 165 cm³/mol. The number of amides is 1. The molecule has 2 fully saturated rings. The third-order valence-corrected chi connectivity index (χ3v) is 10.1. The topological polar surface area (TPSA) is 114 Å². The van der Waals surface area contributed by atoms with Crippen LogP contribution in [0.5, 0.6) is 5.75 Å². The van der Waals surface area contributed by atoms with Crippen molar-refractivity contribution < 1.29 is 24.2 Å². The molecule has 4 aliphatic rings. The second-order valence-electron chi connectivity index (χ2n) is 12.6. The lowest BCUT2D eigenvalue weighted by Gasteiger charge is -2.39. The Morgan fingerprint density at radius 1 is 1.09 bits per heavy atom. The largest absolute Gasteiger partial charge is 0.458 e. The Morgan fingerprint density at radius 2 is 1.86 bits per heavy atom. The molecule has 0 spiro atoms. The van der Waals surface area contributed by atoms with Crippen LogP contribution in [0.4, 0.5) is 4.79 Å². The van der Waals surface area contributed by atoms with Gasteiger partial charge in [-0.1, -0.05) is 26.7 Å². The molecule has 0 aliphatic carbocycles. The van der Waals surface area contributed by atoms with Gasteiger partial charge in [-0.25, -0.2) is 14.6 Å². The monoisotopic (exact) mass is 600 g/mol. The van der Waals surface area contributed by atoms with Crippen molar-refractivity contribution in [3.05, 3.63) is 56.9 Å². The van der Waals surface area contributed by atoms with Crippen LogP contribution in [-0.2, 0) is 34.7 Å². The van der Waals surface area contributed by atoms with E-state index in [0.29, 0.717) is 60.4 Å². The minimum absolute atomic E-state index is 0.0953. The molecule has 3 aromatic rings. The number of aliphatic hydroxyl groups is 1. The van der Waals surface area contributed by atoms with Crippen molar-refractivity contribution in [3.8, 4) is 17.1 Å². The number of fused-ring (bicyclic) bond motifs is 5. The van der Waals surface area contributed by atoms with Crippen molar-refractivity contribution in [1.82, 2.24) is 19.4 Å². The minimum Gasteiger partial charge on any atom is -0.458 e. The van der Waals surface area contributed by atoms with Crippen LogP contribution < -0.4 is 10.3 Å². The molecule has 10 heteroatoms. The van der Waals surface area contributed by atoms with Crippen LogP contribution in [0.1, 0.15) is 81.0 Å². The molecule has 10 nitrogen and oxygen atoms in total. The molecular formula is C34H40N4O6. The second kappa shape index (κ2) is 11.3. The van der Waals surface area contributed by atoms with Crippen LogP contribution in [0, 0.1) is 0 Å². The molecule has 232 valence electrons. The Morgan fingerprint density at radius 3 is 2.59 bits per heavy atom. The number of carbonyl (C=O) groups excluding carboxylic acids is 2. The lowest BCUT2D eigenvalue weighted by Crippen LogP contribution is -2.48. The van der Waals surface area contributed by atoms with Gasteiger partial charge in [0.25, 0.3) is 5.56 Å². The average Bonchev–Trinajstić information content (AvgIpc) is 3.41. The molecule has 1 amide bonds. The number of pyridine rings is 2. The van der Waals surface area contributed by atoms with Crippen molar-refractivity contribution in [3.63, 3.8) is 0 Å².